The fourth-order valence-electron chi connectivity index (χ4n) is 0. The van der Waals surface area contributed by atoms with E-state index in [9.17, 15) is 4.39 Å². The molecule has 32 valence electrons. The molecule has 1 unspecified atom stereocenters. The van der Waals surface area contributed by atoms with Crippen LogP contribution in [-0.4, -0.2) is 10.3 Å². The first-order valence-electron chi connectivity index (χ1n) is 1.14. The fraction of sp³-hybridized carbons (Fsp3) is 1.00. The van der Waals surface area contributed by atoms with Gasteiger partial charge in [0.1, 0.15) is 0 Å². The smallest absolute Gasteiger partial charge is 0.249 e. The van der Waals surface area contributed by atoms with Crippen LogP contribution in [0.25, 0.3) is 0 Å². The van der Waals surface area contributed by atoms with E-state index in [2.05, 4.69) is 12.6 Å². The number of thiol groups is 1. The molecule has 0 radical (unpaired) electrons. The zero-order chi connectivity index (χ0) is 4.50. The minimum atomic E-state index is -2.31. The number of hydrogen-bond acceptors (Lipinski definition) is 2. The molecule has 1 atom stereocenters. The summed E-state index contributed by atoms with van der Waals surface area (Å²) in [5, 5.41) is 5.41. The number of alkyl halides is 1. The monoisotopic (exact) mass is 96.0 g/mol. The van der Waals surface area contributed by atoms with Gasteiger partial charge in [-0.15, -0.1) is 12.6 Å². The van der Waals surface area contributed by atoms with Crippen LogP contribution in [0, 0.1) is 0 Å². The van der Waals surface area contributed by atoms with Crippen molar-refractivity contribution in [2.75, 3.05) is 0 Å². The average molecular weight is 96.1 g/mol. The Morgan fingerprint density at radius 3 is 2.00 bits per heavy atom. The van der Waals surface area contributed by atoms with Gasteiger partial charge in [0.25, 0.3) is 0 Å². The Morgan fingerprint density at radius 1 is 2.00 bits per heavy atom. The molecule has 0 bridgehead atoms. The molecule has 0 heterocycles. The molecule has 0 aliphatic heterocycles. The van der Waals surface area contributed by atoms with Crippen LogP contribution < -0.4 is 0 Å². The van der Waals surface area contributed by atoms with E-state index in [1.165, 1.54) is 0 Å². The van der Waals surface area contributed by atoms with Gasteiger partial charge in [-0.3, -0.25) is 0 Å². The van der Waals surface area contributed by atoms with Crippen LogP contribution in [-0.2, 0) is 0 Å². The lowest BCUT2D eigenvalue weighted by Crippen LogP contribution is -2.02. The lowest BCUT2D eigenvalue weighted by Gasteiger charge is -1.97. The van der Waals surface area contributed by atoms with E-state index in [0.29, 0.717) is 0 Å². The van der Waals surface area contributed by atoms with Crippen molar-refractivity contribution >= 4 is 12.6 Å². The van der Waals surface area contributed by atoms with Gasteiger partial charge in [-0.25, -0.2) is 4.39 Å². The van der Waals surface area contributed by atoms with Gasteiger partial charge in [-0.2, -0.15) is 0 Å². The van der Waals surface area contributed by atoms with Crippen molar-refractivity contribution in [2.24, 2.45) is 0 Å². The number of rotatable bonds is 0. The van der Waals surface area contributed by atoms with Crippen LogP contribution in [0.1, 0.15) is 6.92 Å². The third kappa shape index (κ3) is 369. The summed E-state index contributed by atoms with van der Waals surface area (Å²) in [6.45, 7) is 0.941. The summed E-state index contributed by atoms with van der Waals surface area (Å²) >= 11 is 3.01. The standard InChI is InChI=1S/C2H5FOS/c1-2(3,4)5/h4-5H,1H3. The molecule has 0 aromatic rings. The van der Waals surface area contributed by atoms with Crippen LogP contribution in [0.2, 0.25) is 0 Å². The van der Waals surface area contributed by atoms with E-state index in [1.54, 1.807) is 0 Å². The first-order valence-corrected chi connectivity index (χ1v) is 1.58. The predicted molar refractivity (Wildman–Crippen MR) is 20.7 cm³/mol. The average Bonchev–Trinajstić information content (AvgIpc) is 0.722. The summed E-state index contributed by atoms with van der Waals surface area (Å²) in [4.78, 5) is 0. The number of hydrogen-bond donors (Lipinski definition) is 2. The van der Waals surface area contributed by atoms with Gasteiger partial charge < -0.3 is 5.11 Å². The van der Waals surface area contributed by atoms with Crippen molar-refractivity contribution in [3.8, 4) is 0 Å². The maximum Gasteiger partial charge on any atom is 0.249 e. The first-order chi connectivity index (χ1) is 2.00. The fourth-order valence-corrected chi connectivity index (χ4v) is 0. The highest BCUT2D eigenvalue weighted by Crippen LogP contribution is 2.06. The van der Waals surface area contributed by atoms with Crippen molar-refractivity contribution in [2.45, 2.75) is 12.1 Å². The number of halogens is 1. The third-order valence-corrected chi connectivity index (χ3v) is 0. The highest BCUT2D eigenvalue weighted by Gasteiger charge is 2.06. The molecule has 0 saturated carbocycles. The molecular formula is C2H5FOS. The maximum atomic E-state index is 11.1. The van der Waals surface area contributed by atoms with Crippen LogP contribution in [0.15, 0.2) is 0 Å². The zero-order valence-corrected chi connectivity index (χ0v) is 3.67. The van der Waals surface area contributed by atoms with Gasteiger partial charge >= 0.3 is 0 Å². The van der Waals surface area contributed by atoms with Crippen molar-refractivity contribution in [3.63, 3.8) is 0 Å². The van der Waals surface area contributed by atoms with Crippen LogP contribution in [0.5, 0.6) is 0 Å². The topological polar surface area (TPSA) is 20.2 Å². The molecule has 0 saturated heterocycles. The molecule has 0 rings (SSSR count). The quantitative estimate of drug-likeness (QED) is 0.333. The highest BCUT2D eigenvalue weighted by molar-refractivity contribution is 7.81. The second kappa shape index (κ2) is 1.14. The van der Waals surface area contributed by atoms with Crippen molar-refractivity contribution in [3.05, 3.63) is 0 Å². The summed E-state index contributed by atoms with van der Waals surface area (Å²) < 4.78 is 11.1. The molecular weight excluding hydrogens is 91.1 g/mol. The molecule has 0 aromatic carbocycles. The first kappa shape index (κ1) is 5.24. The van der Waals surface area contributed by atoms with Gasteiger partial charge in [0.2, 0.25) is 5.19 Å². The third-order valence-electron chi connectivity index (χ3n) is 0. The summed E-state index contributed by atoms with van der Waals surface area (Å²) in [5.74, 6) is 0. The molecule has 0 aliphatic rings. The maximum absolute atomic E-state index is 11.1. The molecule has 3 heteroatoms. The zero-order valence-electron chi connectivity index (χ0n) is 2.77. The molecule has 0 fully saturated rings. The highest BCUT2D eigenvalue weighted by atomic mass is 32.1. The molecule has 1 nitrogen and oxygen atoms in total. The van der Waals surface area contributed by atoms with Crippen LogP contribution >= 0.6 is 12.6 Å². The Morgan fingerprint density at radius 2 is 2.00 bits per heavy atom. The minimum absolute atomic E-state index is 0.941. The van der Waals surface area contributed by atoms with Gasteiger partial charge in [0.15, 0.2) is 0 Å². The van der Waals surface area contributed by atoms with E-state index >= 15 is 0 Å². The van der Waals surface area contributed by atoms with E-state index in [-0.39, 0.29) is 0 Å². The Kier molecular flexibility index (Phi) is 1.20. The molecule has 0 aromatic heterocycles. The van der Waals surface area contributed by atoms with E-state index in [0.717, 1.165) is 6.92 Å². The second-order valence-electron chi connectivity index (χ2n) is 0.905. The van der Waals surface area contributed by atoms with Gasteiger partial charge in [-0.05, 0) is 0 Å². The molecule has 1 N–H and O–H groups in total. The lowest BCUT2D eigenvalue weighted by molar-refractivity contribution is 0.0249. The minimum Gasteiger partial charge on any atom is -0.354 e. The lowest BCUT2D eigenvalue weighted by atomic mass is 10.8. The largest absolute Gasteiger partial charge is 0.354 e. The SMILES string of the molecule is CC(O)(F)S. The predicted octanol–water partition coefficient (Wildman–Crippen LogP) is 0.552. The normalized spacial score (nSPS) is 21.6. The summed E-state index contributed by atoms with van der Waals surface area (Å²) in [5.41, 5.74) is 0. The second-order valence-corrected chi connectivity index (χ2v) is 1.72. The Labute approximate surface area is 35.2 Å². The van der Waals surface area contributed by atoms with Crippen molar-refractivity contribution < 1.29 is 9.50 Å². The summed E-state index contributed by atoms with van der Waals surface area (Å²) in [6.07, 6.45) is 0. The summed E-state index contributed by atoms with van der Waals surface area (Å²) in [6, 6.07) is 0. The molecule has 0 amide bonds. The van der Waals surface area contributed by atoms with Crippen LogP contribution in [0.3, 0.4) is 0 Å². The van der Waals surface area contributed by atoms with E-state index in [1.807, 2.05) is 0 Å². The Hall–Kier alpha value is 0.240. The van der Waals surface area contributed by atoms with Crippen LogP contribution in [0.4, 0.5) is 4.39 Å². The summed E-state index contributed by atoms with van der Waals surface area (Å²) in [7, 11) is 0. The van der Waals surface area contributed by atoms with E-state index < -0.39 is 5.19 Å². The Bertz CT molecular complexity index is 25.1. The molecule has 0 spiro atoms. The molecule has 0 aliphatic carbocycles. The molecule has 5 heavy (non-hydrogen) atoms. The Balaban J connectivity index is 3.02. The van der Waals surface area contributed by atoms with Gasteiger partial charge in [0.05, 0.1) is 0 Å². The van der Waals surface area contributed by atoms with Crippen molar-refractivity contribution in [1.29, 1.82) is 0 Å². The van der Waals surface area contributed by atoms with E-state index in [4.69, 9.17) is 5.11 Å². The number of aliphatic hydroxyl groups is 1. The van der Waals surface area contributed by atoms with Gasteiger partial charge in [-0.1, -0.05) is 0 Å². The van der Waals surface area contributed by atoms with Crippen molar-refractivity contribution in [1.82, 2.24) is 0 Å². The van der Waals surface area contributed by atoms with Gasteiger partial charge in [0, 0.05) is 6.92 Å².